The van der Waals surface area contributed by atoms with Crippen LogP contribution < -0.4 is 0 Å². The van der Waals surface area contributed by atoms with Crippen LogP contribution in [-0.4, -0.2) is 21.2 Å². The normalized spacial score (nSPS) is 12.1. The van der Waals surface area contributed by atoms with Crippen LogP contribution in [0.2, 0.25) is 0 Å². The van der Waals surface area contributed by atoms with Gasteiger partial charge in [0.15, 0.2) is 0 Å². The predicted octanol–water partition coefficient (Wildman–Crippen LogP) is 2.30. The number of hydrogen-bond acceptors (Lipinski definition) is 4. The topological polar surface area (TPSA) is 80.4 Å². The summed E-state index contributed by atoms with van der Waals surface area (Å²) in [6.45, 7) is 1.41. The molecule has 0 amide bonds. The summed E-state index contributed by atoms with van der Waals surface area (Å²) in [5.41, 5.74) is -0.357. The van der Waals surface area contributed by atoms with Crippen LogP contribution in [0.3, 0.4) is 0 Å². The highest BCUT2D eigenvalue weighted by atomic mass is 32.2. The first-order valence-electron chi connectivity index (χ1n) is 4.25. The van der Waals surface area contributed by atoms with E-state index < -0.39 is 22.0 Å². The molecule has 0 spiro atoms. The second-order valence-electron chi connectivity index (χ2n) is 2.97. The van der Waals surface area contributed by atoms with Crippen molar-refractivity contribution >= 4 is 23.4 Å². The minimum atomic E-state index is -1.07. The summed E-state index contributed by atoms with van der Waals surface area (Å²) in [6.07, 6.45) is 0. The number of carboxylic acid groups (broad SMARTS) is 1. The number of halogens is 1. The van der Waals surface area contributed by atoms with E-state index in [-0.39, 0.29) is 10.6 Å². The molecule has 0 aliphatic heterocycles. The first-order chi connectivity index (χ1) is 7.41. The molecule has 0 bridgehead atoms. The standard InChI is InChI=1S/C9H8FNO4S/c1-5(9(12)13)16-8-3-2-6(11(14)15)4-7(8)10/h2-5H,1H3,(H,12,13). The maximum absolute atomic E-state index is 13.3. The number of nitrogens with zero attached hydrogens (tertiary/aromatic N) is 1. The highest BCUT2D eigenvalue weighted by Gasteiger charge is 2.17. The molecule has 0 saturated carbocycles. The lowest BCUT2D eigenvalue weighted by molar-refractivity contribution is -0.385. The molecule has 0 aliphatic carbocycles. The molecule has 0 aromatic heterocycles. The molecule has 5 nitrogen and oxygen atoms in total. The zero-order valence-corrected chi connectivity index (χ0v) is 9.03. The molecule has 0 fully saturated rings. The number of nitro benzene ring substituents is 1. The van der Waals surface area contributed by atoms with E-state index >= 15 is 0 Å². The molecule has 1 N–H and O–H groups in total. The Morgan fingerprint density at radius 1 is 1.62 bits per heavy atom. The van der Waals surface area contributed by atoms with Crippen molar-refractivity contribution in [1.29, 1.82) is 0 Å². The summed E-state index contributed by atoms with van der Waals surface area (Å²) in [5, 5.41) is 18.1. The smallest absolute Gasteiger partial charge is 0.316 e. The molecule has 7 heteroatoms. The number of hydrogen-bond donors (Lipinski definition) is 1. The van der Waals surface area contributed by atoms with Crippen LogP contribution in [0.1, 0.15) is 6.92 Å². The van der Waals surface area contributed by atoms with Crippen LogP contribution in [0, 0.1) is 15.9 Å². The van der Waals surface area contributed by atoms with Gasteiger partial charge >= 0.3 is 5.97 Å². The van der Waals surface area contributed by atoms with Gasteiger partial charge in [0.05, 0.1) is 11.0 Å². The second kappa shape index (κ2) is 4.93. The predicted molar refractivity (Wildman–Crippen MR) is 56.0 cm³/mol. The number of thioether (sulfide) groups is 1. The molecule has 0 saturated heterocycles. The van der Waals surface area contributed by atoms with Crippen molar-refractivity contribution in [2.75, 3.05) is 0 Å². The summed E-state index contributed by atoms with van der Waals surface area (Å²) in [4.78, 5) is 20.2. The SMILES string of the molecule is CC(Sc1ccc([N+](=O)[O-])cc1F)C(=O)O. The Morgan fingerprint density at radius 3 is 2.69 bits per heavy atom. The molecule has 0 heterocycles. The van der Waals surface area contributed by atoms with Crippen LogP contribution in [0.5, 0.6) is 0 Å². The average molecular weight is 245 g/mol. The second-order valence-corrected chi connectivity index (χ2v) is 4.35. The molecule has 1 atom stereocenters. The van der Waals surface area contributed by atoms with Gasteiger partial charge in [0.2, 0.25) is 0 Å². The van der Waals surface area contributed by atoms with E-state index in [9.17, 15) is 19.3 Å². The van der Waals surface area contributed by atoms with E-state index in [1.807, 2.05) is 0 Å². The van der Waals surface area contributed by atoms with Crippen LogP contribution in [-0.2, 0) is 4.79 Å². The Labute approximate surface area is 94.4 Å². The Bertz CT molecular complexity index is 438. The molecule has 1 aromatic rings. The van der Waals surface area contributed by atoms with E-state index in [1.165, 1.54) is 13.0 Å². The first-order valence-corrected chi connectivity index (χ1v) is 5.13. The van der Waals surface area contributed by atoms with E-state index in [1.54, 1.807) is 0 Å². The molecule has 0 radical (unpaired) electrons. The van der Waals surface area contributed by atoms with E-state index in [0.29, 0.717) is 0 Å². The summed E-state index contributed by atoms with van der Waals surface area (Å²) in [5.74, 6) is -1.85. The Kier molecular flexibility index (Phi) is 3.83. The van der Waals surface area contributed by atoms with E-state index in [2.05, 4.69) is 0 Å². The fraction of sp³-hybridized carbons (Fsp3) is 0.222. The summed E-state index contributed by atoms with van der Waals surface area (Å²) in [6, 6.07) is 3.12. The van der Waals surface area contributed by atoms with Crippen molar-refractivity contribution in [3.8, 4) is 0 Å². The fourth-order valence-electron chi connectivity index (χ4n) is 0.940. The summed E-state index contributed by atoms with van der Waals surface area (Å²) in [7, 11) is 0. The lowest BCUT2D eigenvalue weighted by atomic mass is 10.3. The van der Waals surface area contributed by atoms with Gasteiger partial charge in [-0.15, -0.1) is 11.8 Å². The monoisotopic (exact) mass is 245 g/mol. The van der Waals surface area contributed by atoms with E-state index in [0.717, 1.165) is 23.9 Å². The summed E-state index contributed by atoms with van der Waals surface area (Å²) < 4.78 is 13.3. The maximum Gasteiger partial charge on any atom is 0.316 e. The molecule has 1 aromatic carbocycles. The van der Waals surface area contributed by atoms with Gasteiger partial charge in [-0.25, -0.2) is 4.39 Å². The molecule has 1 unspecified atom stereocenters. The van der Waals surface area contributed by atoms with Crippen LogP contribution in [0.25, 0.3) is 0 Å². The number of non-ortho nitro benzene ring substituents is 1. The number of aliphatic carboxylic acids is 1. The third-order valence-electron chi connectivity index (χ3n) is 1.78. The number of nitro groups is 1. The zero-order valence-electron chi connectivity index (χ0n) is 8.21. The van der Waals surface area contributed by atoms with Crippen LogP contribution in [0.4, 0.5) is 10.1 Å². The third-order valence-corrected chi connectivity index (χ3v) is 2.92. The highest BCUT2D eigenvalue weighted by Crippen LogP contribution is 2.28. The van der Waals surface area contributed by atoms with Gasteiger partial charge in [0.1, 0.15) is 11.1 Å². The van der Waals surface area contributed by atoms with Gasteiger partial charge < -0.3 is 5.11 Å². The number of carboxylic acids is 1. The number of rotatable bonds is 4. The van der Waals surface area contributed by atoms with Crippen LogP contribution >= 0.6 is 11.8 Å². The highest BCUT2D eigenvalue weighted by molar-refractivity contribution is 8.00. The first kappa shape index (κ1) is 12.4. The van der Waals surface area contributed by atoms with Gasteiger partial charge in [-0.3, -0.25) is 14.9 Å². The van der Waals surface area contributed by atoms with Gasteiger partial charge in [0, 0.05) is 11.0 Å². The molecular formula is C9H8FNO4S. The average Bonchev–Trinajstić information content (AvgIpc) is 2.20. The van der Waals surface area contributed by atoms with Gasteiger partial charge in [-0.05, 0) is 13.0 Å². The van der Waals surface area contributed by atoms with Crippen LogP contribution in [0.15, 0.2) is 23.1 Å². The lowest BCUT2D eigenvalue weighted by Gasteiger charge is -2.06. The van der Waals surface area contributed by atoms with Crippen molar-refractivity contribution < 1.29 is 19.2 Å². The third kappa shape index (κ3) is 2.93. The van der Waals surface area contributed by atoms with Gasteiger partial charge in [-0.1, -0.05) is 0 Å². The van der Waals surface area contributed by atoms with Crippen molar-refractivity contribution in [1.82, 2.24) is 0 Å². The van der Waals surface area contributed by atoms with Gasteiger partial charge in [-0.2, -0.15) is 0 Å². The zero-order chi connectivity index (χ0) is 12.3. The Hall–Kier alpha value is -1.63. The van der Waals surface area contributed by atoms with E-state index in [4.69, 9.17) is 5.11 Å². The van der Waals surface area contributed by atoms with Crippen molar-refractivity contribution in [2.45, 2.75) is 17.1 Å². The molecule has 16 heavy (non-hydrogen) atoms. The minimum Gasteiger partial charge on any atom is -0.480 e. The molecule has 86 valence electrons. The lowest BCUT2D eigenvalue weighted by Crippen LogP contribution is -2.11. The number of benzene rings is 1. The Balaban J connectivity index is 2.91. The summed E-state index contributed by atoms with van der Waals surface area (Å²) >= 11 is 0.802. The largest absolute Gasteiger partial charge is 0.480 e. The fourth-order valence-corrected chi connectivity index (χ4v) is 1.74. The number of carbonyl (C=O) groups is 1. The van der Waals surface area contributed by atoms with Gasteiger partial charge in [0.25, 0.3) is 5.69 Å². The quantitative estimate of drug-likeness (QED) is 0.500. The minimum absolute atomic E-state index is 0.0838. The van der Waals surface area contributed by atoms with Crippen molar-refractivity contribution in [3.05, 3.63) is 34.1 Å². The molecule has 1 rings (SSSR count). The van der Waals surface area contributed by atoms with Crippen molar-refractivity contribution in [3.63, 3.8) is 0 Å². The molecular weight excluding hydrogens is 237 g/mol. The van der Waals surface area contributed by atoms with Crippen molar-refractivity contribution in [2.24, 2.45) is 0 Å². The maximum atomic E-state index is 13.3. The Morgan fingerprint density at radius 2 is 2.25 bits per heavy atom. The molecule has 0 aliphatic rings.